The van der Waals surface area contributed by atoms with E-state index in [2.05, 4.69) is 25.3 Å². The SMILES string of the molecule is COCC1=CC=C(C(N)=O)CC1(NC(=O)CN1CCN(C2CC2)CC1)c1nnc(-c2ccccc2)s1. The molecular formula is C26H32N6O3S. The summed E-state index contributed by atoms with van der Waals surface area (Å²) < 4.78 is 5.49. The van der Waals surface area contributed by atoms with Gasteiger partial charge in [-0.25, -0.2) is 0 Å². The van der Waals surface area contributed by atoms with Crippen LogP contribution in [-0.2, 0) is 19.9 Å². The molecule has 0 radical (unpaired) electrons. The molecule has 1 aromatic carbocycles. The van der Waals surface area contributed by atoms with Crippen LogP contribution in [0.5, 0.6) is 0 Å². The molecule has 2 fully saturated rings. The number of amides is 2. The monoisotopic (exact) mass is 508 g/mol. The Morgan fingerprint density at radius 1 is 1.14 bits per heavy atom. The van der Waals surface area contributed by atoms with Crippen LogP contribution < -0.4 is 11.1 Å². The number of nitrogens with two attached hydrogens (primary N) is 1. The normalized spacial score (nSPS) is 23.1. The van der Waals surface area contributed by atoms with E-state index < -0.39 is 11.4 Å². The minimum atomic E-state index is -1.06. The molecule has 36 heavy (non-hydrogen) atoms. The van der Waals surface area contributed by atoms with Gasteiger partial charge in [0, 0.05) is 56.9 Å². The summed E-state index contributed by atoms with van der Waals surface area (Å²) in [6.45, 7) is 4.25. The standard InChI is InChI=1S/C26H32N6O3S/c1-35-17-20-8-7-19(23(27)34)15-26(20,25-30-29-24(36-25)18-5-3-2-4-6-18)28-22(33)16-31-11-13-32(14-12-31)21-9-10-21/h2-8,21H,9-17H2,1H3,(H2,27,34)(H,28,33). The zero-order valence-corrected chi connectivity index (χ0v) is 21.3. The van der Waals surface area contributed by atoms with E-state index in [4.69, 9.17) is 10.5 Å². The first-order valence-electron chi connectivity index (χ1n) is 12.3. The van der Waals surface area contributed by atoms with E-state index in [1.807, 2.05) is 36.4 Å². The van der Waals surface area contributed by atoms with E-state index in [1.165, 1.54) is 24.2 Å². The molecule has 2 aliphatic carbocycles. The molecule has 3 N–H and O–H groups in total. The highest BCUT2D eigenvalue weighted by molar-refractivity contribution is 7.14. The molecule has 2 heterocycles. The number of allylic oxidation sites excluding steroid dienone is 2. The van der Waals surface area contributed by atoms with Crippen molar-refractivity contribution in [2.24, 2.45) is 5.73 Å². The summed E-state index contributed by atoms with van der Waals surface area (Å²) >= 11 is 1.40. The number of aromatic nitrogens is 2. The zero-order valence-electron chi connectivity index (χ0n) is 20.5. The molecule has 190 valence electrons. The Morgan fingerprint density at radius 3 is 2.56 bits per heavy atom. The van der Waals surface area contributed by atoms with Crippen molar-refractivity contribution in [1.29, 1.82) is 0 Å². The number of ether oxygens (including phenoxy) is 1. The number of carbonyl (C=O) groups is 2. The first-order chi connectivity index (χ1) is 17.5. The van der Waals surface area contributed by atoms with E-state index in [-0.39, 0.29) is 25.5 Å². The highest BCUT2D eigenvalue weighted by Crippen LogP contribution is 2.42. The average molecular weight is 509 g/mol. The molecule has 2 amide bonds. The third kappa shape index (κ3) is 5.27. The van der Waals surface area contributed by atoms with E-state index in [9.17, 15) is 9.59 Å². The number of methoxy groups -OCH3 is 1. The van der Waals surface area contributed by atoms with E-state index in [0.29, 0.717) is 10.6 Å². The molecule has 0 spiro atoms. The van der Waals surface area contributed by atoms with Crippen LogP contribution in [0.3, 0.4) is 0 Å². The summed E-state index contributed by atoms with van der Waals surface area (Å²) in [5.41, 5.74) is 6.78. The lowest BCUT2D eigenvalue weighted by atomic mass is 9.79. The number of carbonyl (C=O) groups excluding carboxylic acids is 2. The van der Waals surface area contributed by atoms with Gasteiger partial charge in [-0.1, -0.05) is 53.8 Å². The fourth-order valence-corrected chi connectivity index (χ4v) is 6.02. The molecule has 1 saturated heterocycles. The fraction of sp³-hybridized carbons (Fsp3) is 0.462. The molecule has 1 unspecified atom stereocenters. The van der Waals surface area contributed by atoms with E-state index in [0.717, 1.165) is 48.4 Å². The molecule has 5 rings (SSSR count). The van der Waals surface area contributed by atoms with Crippen LogP contribution >= 0.6 is 11.3 Å². The maximum atomic E-state index is 13.5. The number of piperazine rings is 1. The van der Waals surface area contributed by atoms with Crippen molar-refractivity contribution in [1.82, 2.24) is 25.3 Å². The first-order valence-corrected chi connectivity index (χ1v) is 13.2. The number of nitrogens with one attached hydrogen (secondary N) is 1. The van der Waals surface area contributed by atoms with Crippen LogP contribution in [0, 0.1) is 0 Å². The lowest BCUT2D eigenvalue weighted by Crippen LogP contribution is -2.55. The predicted molar refractivity (Wildman–Crippen MR) is 138 cm³/mol. The molecule has 3 aliphatic rings. The highest BCUT2D eigenvalue weighted by Gasteiger charge is 2.44. The van der Waals surface area contributed by atoms with Crippen LogP contribution in [0.15, 0.2) is 53.6 Å². The maximum absolute atomic E-state index is 13.5. The van der Waals surface area contributed by atoms with Gasteiger partial charge < -0.3 is 15.8 Å². The van der Waals surface area contributed by atoms with Crippen LogP contribution in [0.2, 0.25) is 0 Å². The highest BCUT2D eigenvalue weighted by atomic mass is 32.1. The Labute approximate surface area is 215 Å². The van der Waals surface area contributed by atoms with Gasteiger partial charge in [0.15, 0.2) is 0 Å². The second-order valence-corrected chi connectivity index (χ2v) is 10.6. The largest absolute Gasteiger partial charge is 0.380 e. The van der Waals surface area contributed by atoms with Crippen molar-refractivity contribution in [2.45, 2.75) is 30.8 Å². The van der Waals surface area contributed by atoms with Crippen LogP contribution in [-0.4, -0.2) is 84.3 Å². The van der Waals surface area contributed by atoms with Crippen LogP contribution in [0.4, 0.5) is 0 Å². The fourth-order valence-electron chi connectivity index (χ4n) is 4.99. The third-order valence-electron chi connectivity index (χ3n) is 7.11. The summed E-state index contributed by atoms with van der Waals surface area (Å²) in [6.07, 6.45) is 6.30. The third-order valence-corrected chi connectivity index (χ3v) is 8.24. The van der Waals surface area contributed by atoms with E-state index in [1.54, 1.807) is 13.2 Å². The Balaban J connectivity index is 1.42. The molecule has 0 bridgehead atoms. The number of nitrogens with zero attached hydrogens (tertiary/aromatic N) is 4. The maximum Gasteiger partial charge on any atom is 0.244 e. The van der Waals surface area contributed by atoms with Crippen molar-refractivity contribution in [3.8, 4) is 10.6 Å². The minimum Gasteiger partial charge on any atom is -0.380 e. The molecule has 9 nitrogen and oxygen atoms in total. The second-order valence-electron chi connectivity index (χ2n) is 9.63. The minimum absolute atomic E-state index is 0.126. The Kier molecular flexibility index (Phi) is 7.29. The summed E-state index contributed by atoms with van der Waals surface area (Å²) in [7, 11) is 1.61. The summed E-state index contributed by atoms with van der Waals surface area (Å²) in [5, 5.41) is 13.5. The van der Waals surface area contributed by atoms with Gasteiger partial charge in [-0.05, 0) is 18.4 Å². The Hall–Kier alpha value is -2.92. The summed E-state index contributed by atoms with van der Waals surface area (Å²) in [4.78, 5) is 30.4. The molecule has 10 heteroatoms. The molecule has 1 aromatic heterocycles. The van der Waals surface area contributed by atoms with Crippen LogP contribution in [0.1, 0.15) is 24.3 Å². The smallest absolute Gasteiger partial charge is 0.244 e. The average Bonchev–Trinajstić information content (AvgIpc) is 3.61. The van der Waals surface area contributed by atoms with Gasteiger partial charge in [0.2, 0.25) is 11.8 Å². The lowest BCUT2D eigenvalue weighted by molar-refractivity contribution is -0.124. The molecule has 1 saturated carbocycles. The van der Waals surface area contributed by atoms with Crippen molar-refractivity contribution in [3.63, 3.8) is 0 Å². The topological polar surface area (TPSA) is 114 Å². The molecule has 1 aliphatic heterocycles. The number of hydrogen-bond acceptors (Lipinski definition) is 8. The van der Waals surface area contributed by atoms with Gasteiger partial charge in [0.05, 0.1) is 13.2 Å². The van der Waals surface area contributed by atoms with Crippen molar-refractivity contribution >= 4 is 23.2 Å². The van der Waals surface area contributed by atoms with Gasteiger partial charge in [0.1, 0.15) is 15.6 Å². The molecule has 2 aromatic rings. The summed E-state index contributed by atoms with van der Waals surface area (Å²) in [6, 6.07) is 10.5. The van der Waals surface area contributed by atoms with Gasteiger partial charge in [0.25, 0.3) is 0 Å². The number of primary amides is 1. The lowest BCUT2D eigenvalue weighted by Gasteiger charge is -2.39. The molecule has 1 atom stereocenters. The van der Waals surface area contributed by atoms with Gasteiger partial charge in [-0.15, -0.1) is 10.2 Å². The van der Waals surface area contributed by atoms with Gasteiger partial charge in [-0.3, -0.25) is 19.4 Å². The Morgan fingerprint density at radius 2 is 1.89 bits per heavy atom. The van der Waals surface area contributed by atoms with Gasteiger partial charge >= 0.3 is 0 Å². The zero-order chi connectivity index (χ0) is 25.1. The molecular weight excluding hydrogens is 476 g/mol. The number of benzene rings is 1. The van der Waals surface area contributed by atoms with E-state index >= 15 is 0 Å². The Bertz CT molecular complexity index is 1170. The predicted octanol–water partition coefficient (Wildman–Crippen LogP) is 1.68. The van der Waals surface area contributed by atoms with Crippen molar-refractivity contribution < 1.29 is 14.3 Å². The van der Waals surface area contributed by atoms with Crippen molar-refractivity contribution in [2.75, 3.05) is 46.4 Å². The second kappa shape index (κ2) is 10.6. The summed E-state index contributed by atoms with van der Waals surface area (Å²) in [5.74, 6) is -0.649. The number of rotatable bonds is 9. The number of hydrogen-bond donors (Lipinski definition) is 2. The quantitative estimate of drug-likeness (QED) is 0.530. The van der Waals surface area contributed by atoms with Gasteiger partial charge in [-0.2, -0.15) is 0 Å². The van der Waals surface area contributed by atoms with Crippen molar-refractivity contribution in [3.05, 3.63) is 58.6 Å². The van der Waals surface area contributed by atoms with Crippen LogP contribution in [0.25, 0.3) is 10.6 Å². The first kappa shape index (κ1) is 24.8.